The third-order valence-electron chi connectivity index (χ3n) is 21.6. The molecule has 0 fully saturated rings. The number of rotatable bonds is 11. The van der Waals surface area contributed by atoms with Crippen molar-refractivity contribution in [2.24, 2.45) is 0 Å². The maximum absolute atomic E-state index is 12.5. The fourth-order valence-electron chi connectivity index (χ4n) is 15.7. The number of alkyl halides is 9. The molecule has 23 heteroatoms. The van der Waals surface area contributed by atoms with Gasteiger partial charge in [0, 0.05) is 49.7 Å². The third-order valence-corrected chi connectivity index (χ3v) is 25.2. The zero-order valence-electron chi connectivity index (χ0n) is 65.4. The summed E-state index contributed by atoms with van der Waals surface area (Å²) in [7, 11) is -19.4. The van der Waals surface area contributed by atoms with Gasteiger partial charge in [-0.05, 0) is 182 Å². The van der Waals surface area contributed by atoms with E-state index < -0.39 is 46.9 Å². The Balaban J connectivity index is 0.000000126. The summed E-state index contributed by atoms with van der Waals surface area (Å²) in [4.78, 5) is 2.45. The number of nitrogens with one attached hydrogen (secondary N) is 1. The molecule has 0 unspecified atom stereocenters. The van der Waals surface area contributed by atoms with E-state index in [1.165, 1.54) is 112 Å². The van der Waals surface area contributed by atoms with Gasteiger partial charge in [-0.1, -0.05) is 319 Å². The van der Waals surface area contributed by atoms with Crippen LogP contribution in [0, 0.1) is 0 Å². The average molecular weight is 1700 g/mol. The molecule has 2 aliphatic rings. The predicted octanol–water partition coefficient (Wildman–Crippen LogP) is 27.5. The molecule has 17 aromatic carbocycles. The van der Waals surface area contributed by atoms with Crippen LogP contribution in [0.1, 0.15) is 49.9 Å². The summed E-state index contributed by atoms with van der Waals surface area (Å²) in [6.07, 6.45) is 0. The van der Waals surface area contributed by atoms with Gasteiger partial charge >= 0.3 is 46.9 Å². The molecule has 11 nitrogen and oxygen atoms in total. The topological polar surface area (TPSA) is 156 Å². The molecule has 0 saturated carbocycles. The first-order valence-corrected chi connectivity index (χ1v) is 42.4. The predicted molar refractivity (Wildman–Crippen MR) is 470 cm³/mol. The molecule has 122 heavy (non-hydrogen) atoms. The number of hydrogen-bond acceptors (Lipinski definition) is 11. The molecule has 0 atom stereocenters. The Hall–Kier alpha value is -13.3. The van der Waals surface area contributed by atoms with Crippen LogP contribution in [0.3, 0.4) is 0 Å². The van der Waals surface area contributed by atoms with Gasteiger partial charge in [-0.25, -0.2) is 0 Å². The smallest absolute Gasteiger partial charge is 0.507 e. The first-order valence-electron chi connectivity index (χ1n) is 38.2. The molecule has 19 rings (SSSR count). The monoisotopic (exact) mass is 1700 g/mol. The van der Waals surface area contributed by atoms with Crippen LogP contribution in [0.25, 0.3) is 109 Å². The Kier molecular flexibility index (Phi) is 22.7. The highest BCUT2D eigenvalue weighted by molar-refractivity contribution is 8.00. The number of phenols is 1. The van der Waals surface area contributed by atoms with Crippen molar-refractivity contribution < 1.29 is 77.7 Å². The number of hydrogen-bond donors (Lipinski definition) is 2. The van der Waals surface area contributed by atoms with Gasteiger partial charge in [-0.2, -0.15) is 64.8 Å². The number of anilines is 5. The van der Waals surface area contributed by atoms with Gasteiger partial charge in [0.25, 0.3) is 0 Å². The second-order valence-electron chi connectivity index (χ2n) is 30.0. The molecule has 0 spiro atoms. The minimum absolute atomic E-state index is 0.0286. The fraction of sp³-hybridized carbons (Fsp3) is 0.0909. The van der Waals surface area contributed by atoms with Crippen molar-refractivity contribution in [1.82, 2.24) is 0 Å². The third kappa shape index (κ3) is 16.8. The zero-order valence-corrected chi connectivity index (χ0v) is 67.8. The molecule has 2 N–H and O–H groups in total. The van der Waals surface area contributed by atoms with Crippen LogP contribution < -0.4 is 14.4 Å². The summed E-state index contributed by atoms with van der Waals surface area (Å²) in [6, 6.07) is 123. The largest absolute Gasteiger partial charge is 0.534 e. The van der Waals surface area contributed by atoms with E-state index in [2.05, 4.69) is 297 Å². The normalized spacial score (nSPS) is 13.2. The van der Waals surface area contributed by atoms with E-state index in [0.717, 1.165) is 44.0 Å². The van der Waals surface area contributed by atoms with E-state index in [0.29, 0.717) is 21.9 Å². The van der Waals surface area contributed by atoms with Crippen molar-refractivity contribution in [3.63, 3.8) is 0 Å². The lowest BCUT2D eigenvalue weighted by molar-refractivity contribution is -0.0586. The quantitative estimate of drug-likeness (QED) is 0.0550. The van der Waals surface area contributed by atoms with Crippen LogP contribution in [0.4, 0.5) is 68.0 Å². The minimum atomic E-state index is -6.85. The van der Waals surface area contributed by atoms with E-state index in [9.17, 15) is 69.9 Å². The molecule has 0 amide bonds. The molecule has 0 heterocycles. The first kappa shape index (κ1) is 83.7. The van der Waals surface area contributed by atoms with Gasteiger partial charge in [0.15, 0.2) is 5.75 Å². The van der Waals surface area contributed by atoms with Gasteiger partial charge in [-0.3, -0.25) is 0 Å². The van der Waals surface area contributed by atoms with E-state index >= 15 is 0 Å². The molecule has 0 bridgehead atoms. The van der Waals surface area contributed by atoms with Gasteiger partial charge in [-0.15, -0.1) is 3.63 Å². The fourth-order valence-corrected chi connectivity index (χ4v) is 17.8. The van der Waals surface area contributed by atoms with Gasteiger partial charge in [0.1, 0.15) is 5.75 Å². The van der Waals surface area contributed by atoms with E-state index in [1.54, 1.807) is 48.5 Å². The highest BCUT2D eigenvalue weighted by Gasteiger charge is 2.57. The van der Waals surface area contributed by atoms with Crippen molar-refractivity contribution >= 4 is 123 Å². The standard InChI is InChI=1S/C41H31N.C27H23N.C15H9F3O3S.C14H10O.C2F6O5S2/c1-41(2)37-17-9-8-16-35(37)36-26-25-33(27-38(36)41)42(32-23-21-29(22-24-32)28-11-4-3-5-12-28)39-18-10-14-31-20-19-30-13-6-7-15-34(30)40(31)39;1-27(2)25-11-7-6-10-23(25)24-17-16-22(18-26(24)27)28-21-14-12-20(13-15-21)19-8-4-3-5-9-19;16-15(17,18)22(19,20)21-13-7-3-5-11-9-8-10-4-1-2-6-12(10)14(11)13;15-13-7-3-5-11-9-8-10-4-1-2-6-12(10)14(11)13;3-1(4,5)14(9,10)13-15(11,12)2(6,7)8/h3-27H,1-2H3;3-18,28H,1-2H3;1-9H;1-9,15H;. The Morgan fingerprint density at radius 1 is 0.303 bits per heavy atom. The summed E-state index contributed by atoms with van der Waals surface area (Å²) < 4.78 is 174. The van der Waals surface area contributed by atoms with Gasteiger partial charge in [0.05, 0.1) is 5.69 Å². The van der Waals surface area contributed by atoms with Crippen LogP contribution >= 0.6 is 0 Å². The summed E-state index contributed by atoms with van der Waals surface area (Å²) in [5.41, 5.74) is 3.58. The Morgan fingerprint density at radius 2 is 0.656 bits per heavy atom. The van der Waals surface area contributed by atoms with Crippen LogP contribution in [0.2, 0.25) is 0 Å². The van der Waals surface area contributed by atoms with Crippen molar-refractivity contribution in [2.75, 3.05) is 10.2 Å². The van der Waals surface area contributed by atoms with Crippen LogP contribution in [0.5, 0.6) is 11.5 Å². The molecule has 17 aromatic rings. The van der Waals surface area contributed by atoms with Crippen molar-refractivity contribution in [3.05, 3.63) is 380 Å². The second-order valence-corrected chi connectivity index (χ2v) is 34.8. The highest BCUT2D eigenvalue weighted by Crippen LogP contribution is 2.53. The van der Waals surface area contributed by atoms with E-state index in [-0.39, 0.29) is 16.6 Å². The number of nitrogens with zero attached hydrogens (tertiary/aromatic N) is 1. The maximum atomic E-state index is 12.5. The summed E-state index contributed by atoms with van der Waals surface area (Å²) >= 11 is 0. The maximum Gasteiger partial charge on any atom is 0.534 e. The van der Waals surface area contributed by atoms with Crippen molar-refractivity contribution in [3.8, 4) is 56.0 Å². The number of benzene rings is 17. The van der Waals surface area contributed by atoms with Crippen LogP contribution in [-0.4, -0.2) is 46.9 Å². The molecule has 614 valence electrons. The average Bonchev–Trinajstić information content (AvgIpc) is 1.56. The number of fused-ring (bicyclic) bond motifs is 15. The molecule has 0 radical (unpaired) electrons. The Labute approximate surface area is 698 Å². The Bertz CT molecular complexity index is 7160. The number of phenolic OH excluding ortho intramolecular Hbond substituents is 1. The summed E-state index contributed by atoms with van der Waals surface area (Å²) in [5, 5.41) is 25.1. The number of halogens is 9. The SMILES string of the molecule is CC1(C)c2ccccc2-c2ccc(N(c3ccc(-c4ccccc4)cc3)c3cccc4ccc5ccccc5c34)cc21.CC1(C)c2ccccc2-c2ccc(Nc3ccc(-c4ccccc4)cc3)cc21.O=S(=O)(OS(=O)(=O)C(F)(F)F)C(F)(F)F.O=S(=O)(Oc1cccc2ccc3ccccc3c12)C(F)(F)F.Oc1cccc2ccc3ccccc3c12. The lowest BCUT2D eigenvalue weighted by Crippen LogP contribution is -2.34. The lowest BCUT2D eigenvalue weighted by atomic mass is 9.82. The summed E-state index contributed by atoms with van der Waals surface area (Å²) in [6.45, 7) is 9.34. The van der Waals surface area contributed by atoms with Crippen LogP contribution in [0.15, 0.2) is 358 Å². The summed E-state index contributed by atoms with van der Waals surface area (Å²) in [5.74, 6) is 0.0101. The van der Waals surface area contributed by atoms with E-state index in [4.69, 9.17) is 0 Å². The van der Waals surface area contributed by atoms with Gasteiger partial charge < -0.3 is 19.5 Å². The molecule has 0 aliphatic heterocycles. The van der Waals surface area contributed by atoms with Gasteiger partial charge in [0.2, 0.25) is 0 Å². The molecular weight excluding hydrogens is 1630 g/mol. The molecule has 2 aliphatic carbocycles. The molecule has 0 saturated heterocycles. The first-order chi connectivity index (χ1) is 58.1. The molecular formula is C99H73F9N2O9S3. The molecule has 0 aromatic heterocycles. The second kappa shape index (κ2) is 33.0. The highest BCUT2D eigenvalue weighted by atomic mass is 32.3. The van der Waals surface area contributed by atoms with Crippen molar-refractivity contribution in [2.45, 2.75) is 55.0 Å². The minimum Gasteiger partial charge on any atom is -0.507 e. The number of aromatic hydroxyl groups is 1. The Morgan fingerprint density at radius 3 is 1.16 bits per heavy atom. The van der Waals surface area contributed by atoms with Crippen molar-refractivity contribution in [1.29, 1.82) is 0 Å². The van der Waals surface area contributed by atoms with Crippen LogP contribution in [-0.2, 0) is 44.8 Å². The zero-order chi connectivity index (χ0) is 86.3. The van der Waals surface area contributed by atoms with E-state index in [1.807, 2.05) is 46.1 Å². The lowest BCUT2D eigenvalue weighted by Gasteiger charge is -2.29.